The van der Waals surface area contributed by atoms with Crippen LogP contribution in [-0.2, 0) is 27.9 Å². The largest absolute Gasteiger partial charge is 0.350 e. The van der Waals surface area contributed by atoms with E-state index in [0.29, 0.717) is 10.9 Å². The highest BCUT2D eigenvalue weighted by Gasteiger charge is 2.22. The summed E-state index contributed by atoms with van der Waals surface area (Å²) >= 11 is 0. The Morgan fingerprint density at radius 1 is 1.13 bits per heavy atom. The smallest absolute Gasteiger partial charge is 0.243 e. The normalized spacial score (nSPS) is 11.9. The van der Waals surface area contributed by atoms with E-state index in [9.17, 15) is 18.0 Å². The Balaban J connectivity index is 1.66. The molecule has 0 saturated carbocycles. The Morgan fingerprint density at radius 2 is 1.80 bits per heavy atom. The number of nitrogens with one attached hydrogen (secondary N) is 1. The second-order valence-electron chi connectivity index (χ2n) is 7.22. The molecule has 1 aromatic heterocycles. The summed E-state index contributed by atoms with van der Waals surface area (Å²) in [6.45, 7) is 3.83. The van der Waals surface area contributed by atoms with E-state index in [2.05, 4.69) is 10.4 Å². The quantitative estimate of drug-likeness (QED) is 0.618. The molecule has 1 heterocycles. The average molecular weight is 429 g/mol. The molecule has 30 heavy (non-hydrogen) atoms. The summed E-state index contributed by atoms with van der Waals surface area (Å²) in [5.74, 6) is -0.271. The van der Waals surface area contributed by atoms with Gasteiger partial charge in [-0.15, -0.1) is 0 Å². The van der Waals surface area contributed by atoms with Gasteiger partial charge in [-0.1, -0.05) is 24.3 Å². The minimum Gasteiger partial charge on any atom is -0.350 e. The Kier molecular flexibility index (Phi) is 6.33. The van der Waals surface area contributed by atoms with Crippen LogP contribution in [0.2, 0.25) is 0 Å². The summed E-state index contributed by atoms with van der Waals surface area (Å²) in [5, 5.41) is 7.33. The second-order valence-corrected chi connectivity index (χ2v) is 9.22. The number of hydrogen-bond acceptors (Lipinski definition) is 5. The van der Waals surface area contributed by atoms with Crippen molar-refractivity contribution in [2.45, 2.75) is 37.9 Å². The maximum atomic E-state index is 12.5. The van der Waals surface area contributed by atoms with Crippen LogP contribution in [0.1, 0.15) is 19.4 Å². The number of carbonyl (C=O) groups excluding carboxylic acids is 1. The minimum absolute atomic E-state index is 0.0353. The van der Waals surface area contributed by atoms with Crippen molar-refractivity contribution in [2.75, 3.05) is 7.05 Å². The van der Waals surface area contributed by atoms with E-state index in [1.165, 1.54) is 27.3 Å². The molecular weight excluding hydrogens is 404 g/mol. The van der Waals surface area contributed by atoms with E-state index in [1.54, 1.807) is 43.4 Å². The first-order valence-electron chi connectivity index (χ1n) is 9.48. The molecule has 0 unspecified atom stereocenters. The van der Waals surface area contributed by atoms with Gasteiger partial charge in [0.25, 0.3) is 0 Å². The minimum atomic E-state index is -3.54. The molecule has 3 aromatic rings. The van der Waals surface area contributed by atoms with Crippen LogP contribution in [0, 0.1) is 0 Å². The topological polar surface area (TPSA) is 101 Å². The molecule has 0 saturated heterocycles. The molecular formula is C21H24N4O4S. The van der Waals surface area contributed by atoms with Crippen LogP contribution in [0.4, 0.5) is 0 Å². The summed E-state index contributed by atoms with van der Waals surface area (Å²) in [5.41, 5.74) is 1.16. The standard InChI is InChI=1S/C21H24N4O4S/c1-15(2)24(3)30(28,29)17-10-8-16(9-11-17)12-22-21(27)14-25-19-7-5-4-6-18(19)20(26)13-23-25/h4-11,13,15H,12,14H2,1-3H3,(H,22,27). The molecule has 0 aliphatic carbocycles. The first-order chi connectivity index (χ1) is 14.2. The summed E-state index contributed by atoms with van der Waals surface area (Å²) < 4.78 is 27.8. The molecule has 1 N–H and O–H groups in total. The maximum absolute atomic E-state index is 12.5. The lowest BCUT2D eigenvalue weighted by atomic mass is 10.2. The van der Waals surface area contributed by atoms with Gasteiger partial charge < -0.3 is 5.32 Å². The maximum Gasteiger partial charge on any atom is 0.243 e. The highest BCUT2D eigenvalue weighted by molar-refractivity contribution is 7.89. The van der Waals surface area contributed by atoms with E-state index in [0.717, 1.165) is 5.56 Å². The Bertz CT molecular complexity index is 1220. The fraction of sp³-hybridized carbons (Fsp3) is 0.286. The molecule has 158 valence electrons. The third-order valence-corrected chi connectivity index (χ3v) is 6.92. The van der Waals surface area contributed by atoms with Crippen LogP contribution in [0.3, 0.4) is 0 Å². The van der Waals surface area contributed by atoms with Gasteiger partial charge in [-0.25, -0.2) is 8.42 Å². The number of carbonyl (C=O) groups is 1. The van der Waals surface area contributed by atoms with Gasteiger partial charge in [0.2, 0.25) is 21.4 Å². The predicted molar refractivity (Wildman–Crippen MR) is 114 cm³/mol. The van der Waals surface area contributed by atoms with E-state index >= 15 is 0 Å². The monoisotopic (exact) mass is 428 g/mol. The van der Waals surface area contributed by atoms with Crippen molar-refractivity contribution >= 4 is 26.8 Å². The van der Waals surface area contributed by atoms with Gasteiger partial charge in [0, 0.05) is 25.0 Å². The lowest BCUT2D eigenvalue weighted by Crippen LogP contribution is -2.33. The van der Waals surface area contributed by atoms with Gasteiger partial charge in [0.15, 0.2) is 0 Å². The molecule has 0 bridgehead atoms. The number of para-hydroxylation sites is 1. The molecule has 8 nitrogen and oxygen atoms in total. The zero-order valence-corrected chi connectivity index (χ0v) is 17.9. The number of benzene rings is 2. The number of nitrogens with zero attached hydrogens (tertiary/aromatic N) is 3. The second kappa shape index (κ2) is 8.76. The first-order valence-corrected chi connectivity index (χ1v) is 10.9. The Morgan fingerprint density at radius 3 is 2.47 bits per heavy atom. The predicted octanol–water partition coefficient (Wildman–Crippen LogP) is 1.74. The van der Waals surface area contributed by atoms with Crippen LogP contribution in [0.15, 0.2) is 64.4 Å². The molecule has 0 fully saturated rings. The molecule has 0 aliphatic heterocycles. The Labute approximate surface area is 175 Å². The number of rotatable bonds is 7. The number of amides is 1. The van der Waals surface area contributed by atoms with Crippen molar-refractivity contribution in [3.63, 3.8) is 0 Å². The van der Waals surface area contributed by atoms with Crippen LogP contribution >= 0.6 is 0 Å². The third-order valence-electron chi connectivity index (χ3n) is 4.87. The summed E-state index contributed by atoms with van der Waals surface area (Å²) in [6.07, 6.45) is 1.20. The van der Waals surface area contributed by atoms with E-state index in [-0.39, 0.29) is 35.4 Å². The fourth-order valence-corrected chi connectivity index (χ4v) is 4.27. The number of aromatic nitrogens is 2. The van der Waals surface area contributed by atoms with Gasteiger partial charge in [-0.2, -0.15) is 9.40 Å². The van der Waals surface area contributed by atoms with Crippen molar-refractivity contribution in [3.8, 4) is 0 Å². The Hall–Kier alpha value is -3.04. The molecule has 3 rings (SSSR count). The van der Waals surface area contributed by atoms with E-state index in [1.807, 2.05) is 13.8 Å². The molecule has 0 aliphatic rings. The summed E-state index contributed by atoms with van der Waals surface area (Å²) in [6, 6.07) is 13.2. The molecule has 0 atom stereocenters. The van der Waals surface area contributed by atoms with Gasteiger partial charge in [0.1, 0.15) is 6.54 Å². The SMILES string of the molecule is CC(C)N(C)S(=O)(=O)c1ccc(CNC(=O)Cn2ncc(=O)c3ccccc32)cc1. The molecule has 9 heteroatoms. The number of sulfonamides is 1. The van der Waals surface area contributed by atoms with Crippen molar-refractivity contribution < 1.29 is 13.2 Å². The zero-order valence-electron chi connectivity index (χ0n) is 17.1. The van der Waals surface area contributed by atoms with Gasteiger partial charge in [-0.3, -0.25) is 14.3 Å². The lowest BCUT2D eigenvalue weighted by Gasteiger charge is -2.21. The zero-order chi connectivity index (χ0) is 21.9. The van der Waals surface area contributed by atoms with Gasteiger partial charge in [0.05, 0.1) is 16.6 Å². The summed E-state index contributed by atoms with van der Waals surface area (Å²) in [4.78, 5) is 24.4. The summed E-state index contributed by atoms with van der Waals surface area (Å²) in [7, 11) is -2.00. The van der Waals surface area contributed by atoms with Gasteiger partial charge in [-0.05, 0) is 43.7 Å². The van der Waals surface area contributed by atoms with Crippen LogP contribution in [0.25, 0.3) is 10.9 Å². The molecule has 0 radical (unpaired) electrons. The van der Waals surface area contributed by atoms with Crippen molar-refractivity contribution in [2.24, 2.45) is 0 Å². The number of fused-ring (bicyclic) bond motifs is 1. The van der Waals surface area contributed by atoms with E-state index < -0.39 is 10.0 Å². The molecule has 1 amide bonds. The van der Waals surface area contributed by atoms with E-state index in [4.69, 9.17) is 0 Å². The highest BCUT2D eigenvalue weighted by Crippen LogP contribution is 2.17. The molecule has 2 aromatic carbocycles. The highest BCUT2D eigenvalue weighted by atomic mass is 32.2. The molecule has 0 spiro atoms. The fourth-order valence-electron chi connectivity index (χ4n) is 2.90. The first kappa shape index (κ1) is 21.7. The average Bonchev–Trinajstić information content (AvgIpc) is 2.74. The lowest BCUT2D eigenvalue weighted by molar-refractivity contribution is -0.121. The number of hydrogen-bond donors (Lipinski definition) is 1. The van der Waals surface area contributed by atoms with Crippen LogP contribution in [0.5, 0.6) is 0 Å². The van der Waals surface area contributed by atoms with Gasteiger partial charge >= 0.3 is 0 Å². The van der Waals surface area contributed by atoms with Crippen molar-refractivity contribution in [1.82, 2.24) is 19.4 Å². The van der Waals surface area contributed by atoms with Crippen LogP contribution in [-0.4, -0.2) is 41.5 Å². The third kappa shape index (κ3) is 4.58. The van der Waals surface area contributed by atoms with Crippen LogP contribution < -0.4 is 10.7 Å². The van der Waals surface area contributed by atoms with Crippen molar-refractivity contribution in [3.05, 3.63) is 70.5 Å². The van der Waals surface area contributed by atoms with Crippen molar-refractivity contribution in [1.29, 1.82) is 0 Å².